The van der Waals surface area contributed by atoms with Gasteiger partial charge in [-0.2, -0.15) is 0 Å². The molecule has 25 heavy (non-hydrogen) atoms. The highest BCUT2D eigenvalue weighted by molar-refractivity contribution is 7.99. The number of amides is 1. The highest BCUT2D eigenvalue weighted by Gasteiger charge is 2.13. The molecule has 1 amide bonds. The summed E-state index contributed by atoms with van der Waals surface area (Å²) in [5, 5.41) is 3.67. The number of hydrogen-bond donors (Lipinski definition) is 1. The predicted octanol–water partition coefficient (Wildman–Crippen LogP) is 4.39. The number of pyridine rings is 1. The number of carbonyl (C=O) groups excluding carboxylic acids is 1. The molecule has 134 valence electrons. The van der Waals surface area contributed by atoms with Gasteiger partial charge in [0.15, 0.2) is 0 Å². The van der Waals surface area contributed by atoms with Crippen LogP contribution in [0.4, 0.5) is 0 Å². The van der Waals surface area contributed by atoms with Crippen molar-refractivity contribution in [3.05, 3.63) is 53.2 Å². The molecule has 1 aromatic carbocycles. The van der Waals surface area contributed by atoms with E-state index in [0.717, 1.165) is 16.3 Å². The number of carbonyl (C=O) groups is 1. The molecule has 0 bridgehead atoms. The van der Waals surface area contributed by atoms with Crippen LogP contribution in [0.2, 0.25) is 0 Å². The summed E-state index contributed by atoms with van der Waals surface area (Å²) in [5.41, 5.74) is 3.10. The zero-order valence-electron chi connectivity index (χ0n) is 15.3. The lowest BCUT2D eigenvalue weighted by Gasteiger charge is -2.11. The molecule has 0 saturated heterocycles. The summed E-state index contributed by atoms with van der Waals surface area (Å²) < 4.78 is 5.49. The van der Waals surface area contributed by atoms with E-state index in [1.807, 2.05) is 19.9 Å². The number of nitrogens with zero attached hydrogens (tertiary/aromatic N) is 1. The number of benzene rings is 1. The van der Waals surface area contributed by atoms with Gasteiger partial charge in [-0.15, -0.1) is 0 Å². The van der Waals surface area contributed by atoms with Gasteiger partial charge in [-0.25, -0.2) is 4.98 Å². The van der Waals surface area contributed by atoms with Gasteiger partial charge in [0.25, 0.3) is 5.91 Å². The molecule has 0 spiro atoms. The topological polar surface area (TPSA) is 51.2 Å². The molecule has 0 saturated carbocycles. The first-order valence-electron chi connectivity index (χ1n) is 8.57. The number of aromatic nitrogens is 1. The largest absolute Gasteiger partial charge is 0.379 e. The van der Waals surface area contributed by atoms with Crippen LogP contribution < -0.4 is 5.32 Å². The van der Waals surface area contributed by atoms with E-state index in [1.54, 1.807) is 12.3 Å². The summed E-state index contributed by atoms with van der Waals surface area (Å²) in [6.07, 6.45) is 2.73. The number of aryl methyl sites for hydroxylation is 2. The average molecular weight is 359 g/mol. The average Bonchev–Trinajstić information content (AvgIpc) is 2.58. The normalized spacial score (nSPS) is 10.9. The standard InChI is InChI=1S/C20H26N2O2S/c1-14(2)24-12-6-11-21-19(23)18-7-5-10-22-20(18)25-17-9-8-15(3)16(4)13-17/h5,7-10,13-14H,6,11-12H2,1-4H3,(H,21,23). The maximum absolute atomic E-state index is 12.5. The van der Waals surface area contributed by atoms with E-state index in [2.05, 4.69) is 42.3 Å². The van der Waals surface area contributed by atoms with E-state index in [-0.39, 0.29) is 12.0 Å². The van der Waals surface area contributed by atoms with Crippen LogP contribution in [0.25, 0.3) is 0 Å². The van der Waals surface area contributed by atoms with Crippen molar-refractivity contribution in [1.82, 2.24) is 10.3 Å². The Hall–Kier alpha value is -1.85. The number of nitrogens with one attached hydrogen (secondary N) is 1. The maximum atomic E-state index is 12.5. The first-order valence-corrected chi connectivity index (χ1v) is 9.39. The third kappa shape index (κ3) is 6.18. The molecule has 5 heteroatoms. The van der Waals surface area contributed by atoms with Crippen LogP contribution >= 0.6 is 11.8 Å². The van der Waals surface area contributed by atoms with Gasteiger partial charge < -0.3 is 10.1 Å². The smallest absolute Gasteiger partial charge is 0.254 e. The summed E-state index contributed by atoms with van der Waals surface area (Å²) in [6.45, 7) is 9.43. The zero-order chi connectivity index (χ0) is 18.2. The van der Waals surface area contributed by atoms with Crippen LogP contribution in [-0.2, 0) is 4.74 Å². The van der Waals surface area contributed by atoms with Crippen molar-refractivity contribution in [2.45, 2.75) is 50.1 Å². The molecular formula is C20H26N2O2S. The van der Waals surface area contributed by atoms with Gasteiger partial charge in [-0.1, -0.05) is 17.8 Å². The molecule has 2 aromatic rings. The number of hydrogen-bond acceptors (Lipinski definition) is 4. The molecule has 1 heterocycles. The van der Waals surface area contributed by atoms with Crippen LogP contribution in [0.1, 0.15) is 41.8 Å². The molecule has 2 rings (SSSR count). The van der Waals surface area contributed by atoms with Crippen LogP contribution in [0, 0.1) is 13.8 Å². The lowest BCUT2D eigenvalue weighted by molar-refractivity contribution is 0.0756. The highest BCUT2D eigenvalue weighted by atomic mass is 32.2. The first-order chi connectivity index (χ1) is 12.0. The van der Waals surface area contributed by atoms with Crippen molar-refractivity contribution in [2.75, 3.05) is 13.2 Å². The van der Waals surface area contributed by atoms with E-state index in [9.17, 15) is 4.79 Å². The molecule has 4 nitrogen and oxygen atoms in total. The molecular weight excluding hydrogens is 332 g/mol. The van der Waals surface area contributed by atoms with Crippen molar-refractivity contribution in [3.63, 3.8) is 0 Å². The van der Waals surface area contributed by atoms with Crippen molar-refractivity contribution >= 4 is 17.7 Å². The molecule has 1 N–H and O–H groups in total. The second-order valence-corrected chi connectivity index (χ2v) is 7.30. The summed E-state index contributed by atoms with van der Waals surface area (Å²) >= 11 is 1.52. The fourth-order valence-corrected chi connectivity index (χ4v) is 3.20. The fraction of sp³-hybridized carbons (Fsp3) is 0.400. The Labute approximate surface area is 154 Å². The van der Waals surface area contributed by atoms with Gasteiger partial charge in [0.05, 0.1) is 11.7 Å². The van der Waals surface area contributed by atoms with Gasteiger partial charge in [0.1, 0.15) is 5.03 Å². The van der Waals surface area contributed by atoms with E-state index >= 15 is 0 Å². The summed E-state index contributed by atoms with van der Waals surface area (Å²) in [5.74, 6) is -0.0935. The molecule has 0 atom stereocenters. The van der Waals surface area contributed by atoms with Crippen molar-refractivity contribution in [3.8, 4) is 0 Å². The van der Waals surface area contributed by atoms with Gasteiger partial charge in [0, 0.05) is 24.2 Å². The molecule has 0 fully saturated rings. The van der Waals surface area contributed by atoms with E-state index < -0.39 is 0 Å². The number of rotatable bonds is 8. The van der Waals surface area contributed by atoms with Gasteiger partial charge >= 0.3 is 0 Å². The quantitative estimate of drug-likeness (QED) is 0.711. The Morgan fingerprint density at radius 3 is 2.76 bits per heavy atom. The first kappa shape index (κ1) is 19.5. The Morgan fingerprint density at radius 2 is 2.04 bits per heavy atom. The Balaban J connectivity index is 1.99. The second-order valence-electron chi connectivity index (χ2n) is 6.23. The third-order valence-corrected chi connectivity index (χ3v) is 4.77. The van der Waals surface area contributed by atoms with Crippen LogP contribution in [0.3, 0.4) is 0 Å². The minimum atomic E-state index is -0.0935. The minimum Gasteiger partial charge on any atom is -0.379 e. The molecule has 0 aliphatic carbocycles. The summed E-state index contributed by atoms with van der Waals surface area (Å²) in [6, 6.07) is 9.89. The van der Waals surface area contributed by atoms with Crippen molar-refractivity contribution in [2.24, 2.45) is 0 Å². The van der Waals surface area contributed by atoms with E-state index in [4.69, 9.17) is 4.74 Å². The molecule has 0 aliphatic rings. The van der Waals surface area contributed by atoms with Gasteiger partial charge in [0.2, 0.25) is 0 Å². The minimum absolute atomic E-state index is 0.0935. The van der Waals surface area contributed by atoms with Crippen molar-refractivity contribution < 1.29 is 9.53 Å². The lowest BCUT2D eigenvalue weighted by atomic mass is 10.1. The molecule has 1 aromatic heterocycles. The van der Waals surface area contributed by atoms with E-state index in [1.165, 1.54) is 22.9 Å². The van der Waals surface area contributed by atoms with E-state index in [0.29, 0.717) is 18.7 Å². The van der Waals surface area contributed by atoms with Gasteiger partial charge in [-0.05, 0) is 69.5 Å². The van der Waals surface area contributed by atoms with Crippen molar-refractivity contribution in [1.29, 1.82) is 0 Å². The Morgan fingerprint density at radius 1 is 1.24 bits per heavy atom. The van der Waals surface area contributed by atoms with Crippen LogP contribution in [0.5, 0.6) is 0 Å². The monoisotopic (exact) mass is 358 g/mol. The molecule has 0 aliphatic heterocycles. The number of ether oxygens (including phenoxy) is 1. The zero-order valence-corrected chi connectivity index (χ0v) is 16.2. The van der Waals surface area contributed by atoms with Gasteiger partial charge in [-0.3, -0.25) is 4.79 Å². The van der Waals surface area contributed by atoms with Crippen LogP contribution in [0.15, 0.2) is 46.5 Å². The highest BCUT2D eigenvalue weighted by Crippen LogP contribution is 2.29. The predicted molar refractivity (Wildman–Crippen MR) is 102 cm³/mol. The molecule has 0 radical (unpaired) electrons. The SMILES string of the molecule is Cc1ccc(Sc2ncccc2C(=O)NCCCOC(C)C)cc1C. The summed E-state index contributed by atoms with van der Waals surface area (Å²) in [7, 11) is 0. The second kappa shape index (κ2) is 9.59. The van der Waals surface area contributed by atoms with Crippen LogP contribution in [-0.4, -0.2) is 30.1 Å². The fourth-order valence-electron chi connectivity index (χ4n) is 2.22. The Bertz CT molecular complexity index is 717. The Kier molecular flexibility index (Phi) is 7.47. The summed E-state index contributed by atoms with van der Waals surface area (Å²) in [4.78, 5) is 17.9. The maximum Gasteiger partial charge on any atom is 0.254 e. The lowest BCUT2D eigenvalue weighted by Crippen LogP contribution is -2.26. The molecule has 0 unspecified atom stereocenters. The third-order valence-electron chi connectivity index (χ3n) is 3.77.